The van der Waals surface area contributed by atoms with Crippen molar-refractivity contribution in [3.8, 4) is 5.75 Å². The molecule has 1 aromatic rings. The lowest BCUT2D eigenvalue weighted by atomic mass is 10.0. The van der Waals surface area contributed by atoms with Crippen LogP contribution in [-0.2, 0) is 9.59 Å². The molecule has 2 amide bonds. The summed E-state index contributed by atoms with van der Waals surface area (Å²) in [5.74, 6) is 0.721. The molecule has 0 aromatic heterocycles. The molecule has 2 rings (SSSR count). The Bertz CT molecular complexity index is 669. The lowest BCUT2D eigenvalue weighted by Gasteiger charge is -2.30. The summed E-state index contributed by atoms with van der Waals surface area (Å²) in [5, 5.41) is 2.82. The molecule has 0 spiro atoms. The molecule has 136 valence electrons. The van der Waals surface area contributed by atoms with Crippen LogP contribution in [0.5, 0.6) is 5.75 Å². The van der Waals surface area contributed by atoms with Gasteiger partial charge in [0.05, 0.1) is 5.69 Å². The average molecular weight is 346 g/mol. The number of anilines is 1. The van der Waals surface area contributed by atoms with Gasteiger partial charge < -0.3 is 15.0 Å². The number of Topliss-reactive ketones (excluding diaryl/α,β-unsaturated/α-hetero) is 1. The highest BCUT2D eigenvalue weighted by atomic mass is 16.5. The van der Waals surface area contributed by atoms with Crippen molar-refractivity contribution < 1.29 is 19.1 Å². The van der Waals surface area contributed by atoms with Gasteiger partial charge in [-0.3, -0.25) is 14.4 Å². The van der Waals surface area contributed by atoms with E-state index in [-0.39, 0.29) is 30.4 Å². The molecule has 1 aliphatic rings. The van der Waals surface area contributed by atoms with E-state index >= 15 is 0 Å². The maximum atomic E-state index is 12.3. The van der Waals surface area contributed by atoms with E-state index in [1.807, 2.05) is 0 Å². The molecule has 0 radical (unpaired) electrons. The molecule has 1 aliphatic heterocycles. The molecule has 1 atom stereocenters. The number of rotatable bonds is 7. The van der Waals surface area contributed by atoms with Crippen LogP contribution >= 0.6 is 0 Å². The van der Waals surface area contributed by atoms with E-state index in [1.54, 1.807) is 32.2 Å². The Morgan fingerprint density at radius 1 is 1.28 bits per heavy atom. The highest BCUT2D eigenvalue weighted by Crippen LogP contribution is 2.34. The van der Waals surface area contributed by atoms with Gasteiger partial charge in [0.2, 0.25) is 5.91 Å². The fraction of sp³-hybridized carbons (Fsp3) is 0.526. The Hall–Kier alpha value is -2.37. The third kappa shape index (κ3) is 4.81. The van der Waals surface area contributed by atoms with Gasteiger partial charge in [-0.15, -0.1) is 0 Å². The van der Waals surface area contributed by atoms with Gasteiger partial charge in [-0.2, -0.15) is 0 Å². The minimum absolute atomic E-state index is 0.114. The first-order valence-corrected chi connectivity index (χ1v) is 8.67. The molecule has 0 bridgehead atoms. The third-order valence-corrected chi connectivity index (χ3v) is 4.25. The van der Waals surface area contributed by atoms with Crippen LogP contribution in [0.4, 0.5) is 5.69 Å². The summed E-state index contributed by atoms with van der Waals surface area (Å²) in [7, 11) is 1.66. The summed E-state index contributed by atoms with van der Waals surface area (Å²) in [4.78, 5) is 37.6. The number of carbonyl (C=O) groups is 3. The Morgan fingerprint density at radius 2 is 2.00 bits per heavy atom. The molecule has 6 nitrogen and oxygen atoms in total. The third-order valence-electron chi connectivity index (χ3n) is 4.25. The van der Waals surface area contributed by atoms with Crippen LogP contribution in [0.15, 0.2) is 18.2 Å². The van der Waals surface area contributed by atoms with E-state index in [0.29, 0.717) is 29.5 Å². The van der Waals surface area contributed by atoms with Crippen LogP contribution in [0.2, 0.25) is 0 Å². The summed E-state index contributed by atoms with van der Waals surface area (Å²) < 4.78 is 5.54. The fourth-order valence-electron chi connectivity index (χ4n) is 2.64. The van der Waals surface area contributed by atoms with E-state index in [4.69, 9.17) is 4.74 Å². The zero-order valence-corrected chi connectivity index (χ0v) is 15.3. The minimum Gasteiger partial charge on any atom is -0.479 e. The molecule has 0 fully saturated rings. The average Bonchev–Trinajstić information content (AvgIpc) is 2.57. The van der Waals surface area contributed by atoms with Crippen molar-refractivity contribution in [3.05, 3.63) is 23.8 Å². The number of ether oxygens (including phenoxy) is 1. The van der Waals surface area contributed by atoms with Gasteiger partial charge in [-0.05, 0) is 37.5 Å². The van der Waals surface area contributed by atoms with Gasteiger partial charge >= 0.3 is 0 Å². The van der Waals surface area contributed by atoms with Crippen LogP contribution in [-0.4, -0.2) is 37.3 Å². The van der Waals surface area contributed by atoms with Crippen molar-refractivity contribution in [3.63, 3.8) is 0 Å². The van der Waals surface area contributed by atoms with Gasteiger partial charge in [-0.1, -0.05) is 13.8 Å². The zero-order valence-electron chi connectivity index (χ0n) is 15.3. The summed E-state index contributed by atoms with van der Waals surface area (Å²) in [6.07, 6.45) is 0.689. The van der Waals surface area contributed by atoms with Gasteiger partial charge in [0.15, 0.2) is 11.9 Å². The SMILES string of the molecule is CC(C)CCNC(=O)CCC(=O)c1ccc2c(c1)N(C)C(=O)C(C)O2. The van der Waals surface area contributed by atoms with Crippen LogP contribution in [0, 0.1) is 5.92 Å². The summed E-state index contributed by atoms with van der Waals surface area (Å²) >= 11 is 0. The number of hydrogen-bond donors (Lipinski definition) is 1. The molecule has 1 N–H and O–H groups in total. The number of nitrogens with one attached hydrogen (secondary N) is 1. The second-order valence-electron chi connectivity index (χ2n) is 6.80. The number of carbonyl (C=O) groups excluding carboxylic acids is 3. The summed E-state index contributed by atoms with van der Waals surface area (Å²) in [6, 6.07) is 5.02. The van der Waals surface area contributed by atoms with Gasteiger partial charge in [0.1, 0.15) is 5.75 Å². The van der Waals surface area contributed by atoms with E-state index in [2.05, 4.69) is 19.2 Å². The molecule has 0 saturated heterocycles. The predicted octanol–water partition coefficient (Wildman–Crippen LogP) is 2.56. The number of fused-ring (bicyclic) bond motifs is 1. The number of nitrogens with zero attached hydrogens (tertiary/aromatic N) is 1. The summed E-state index contributed by atoms with van der Waals surface area (Å²) in [6.45, 7) is 6.51. The molecule has 25 heavy (non-hydrogen) atoms. The van der Waals surface area contributed by atoms with Crippen LogP contribution < -0.4 is 15.0 Å². The number of benzene rings is 1. The van der Waals surface area contributed by atoms with Crippen molar-refractivity contribution in [1.82, 2.24) is 5.32 Å². The highest BCUT2D eigenvalue weighted by Gasteiger charge is 2.29. The monoisotopic (exact) mass is 346 g/mol. The number of likely N-dealkylation sites (N-methyl/N-ethyl adjacent to an activating group) is 1. The molecule has 0 aliphatic carbocycles. The number of ketones is 1. The molecule has 1 heterocycles. The van der Waals surface area contributed by atoms with Crippen LogP contribution in [0.3, 0.4) is 0 Å². The van der Waals surface area contributed by atoms with Crippen molar-refractivity contribution in [2.75, 3.05) is 18.5 Å². The van der Waals surface area contributed by atoms with Crippen molar-refractivity contribution in [1.29, 1.82) is 0 Å². The highest BCUT2D eigenvalue weighted by molar-refractivity contribution is 6.03. The zero-order chi connectivity index (χ0) is 18.6. The van der Waals surface area contributed by atoms with Crippen molar-refractivity contribution >= 4 is 23.3 Å². The molecule has 0 saturated carbocycles. The van der Waals surface area contributed by atoms with Gasteiger partial charge in [0, 0.05) is 32.0 Å². The Balaban J connectivity index is 1.95. The molecular weight excluding hydrogens is 320 g/mol. The largest absolute Gasteiger partial charge is 0.479 e. The number of amides is 2. The van der Waals surface area contributed by atoms with E-state index in [1.165, 1.54) is 4.90 Å². The quantitative estimate of drug-likeness (QED) is 0.770. The van der Waals surface area contributed by atoms with Crippen molar-refractivity contribution in [2.45, 2.75) is 46.1 Å². The molecule has 6 heteroatoms. The smallest absolute Gasteiger partial charge is 0.267 e. The molecule has 1 unspecified atom stereocenters. The standard InChI is InChI=1S/C19H26N2O4/c1-12(2)9-10-20-18(23)8-6-16(22)14-5-7-17-15(11-14)21(4)19(24)13(3)25-17/h5,7,11-13H,6,8-10H2,1-4H3,(H,20,23). The summed E-state index contributed by atoms with van der Waals surface area (Å²) in [5.41, 5.74) is 1.06. The van der Waals surface area contributed by atoms with Crippen LogP contribution in [0.25, 0.3) is 0 Å². The minimum atomic E-state index is -0.534. The molecular formula is C19H26N2O4. The maximum absolute atomic E-state index is 12.3. The van der Waals surface area contributed by atoms with E-state index < -0.39 is 6.10 Å². The van der Waals surface area contributed by atoms with E-state index in [9.17, 15) is 14.4 Å². The second-order valence-corrected chi connectivity index (χ2v) is 6.80. The Morgan fingerprint density at radius 3 is 2.68 bits per heavy atom. The Kier molecular flexibility index (Phi) is 6.17. The van der Waals surface area contributed by atoms with Crippen molar-refractivity contribution in [2.24, 2.45) is 5.92 Å². The first-order valence-electron chi connectivity index (χ1n) is 8.67. The number of hydrogen-bond acceptors (Lipinski definition) is 4. The normalized spacial score (nSPS) is 16.4. The topological polar surface area (TPSA) is 75.7 Å². The predicted molar refractivity (Wildman–Crippen MR) is 96.0 cm³/mol. The Labute approximate surface area is 148 Å². The van der Waals surface area contributed by atoms with Gasteiger partial charge in [0.25, 0.3) is 5.91 Å². The fourth-order valence-corrected chi connectivity index (χ4v) is 2.64. The second kappa shape index (κ2) is 8.14. The van der Waals surface area contributed by atoms with E-state index in [0.717, 1.165) is 6.42 Å². The first-order chi connectivity index (χ1) is 11.8. The lowest BCUT2D eigenvalue weighted by Crippen LogP contribution is -2.42. The van der Waals surface area contributed by atoms with Crippen LogP contribution in [0.1, 0.15) is 50.4 Å². The lowest BCUT2D eigenvalue weighted by molar-refractivity contribution is -0.125. The first kappa shape index (κ1) is 19.0. The maximum Gasteiger partial charge on any atom is 0.267 e. The molecule has 1 aromatic carbocycles. The van der Waals surface area contributed by atoms with Gasteiger partial charge in [-0.25, -0.2) is 0 Å².